The Hall–Kier alpha value is -1.44. The van der Waals surface area contributed by atoms with E-state index in [0.29, 0.717) is 16.8 Å². The van der Waals surface area contributed by atoms with Crippen LogP contribution < -0.4 is 16.1 Å². The zero-order valence-electron chi connectivity index (χ0n) is 12.7. The molecule has 0 unspecified atom stereocenters. The maximum atomic E-state index is 5.54. The molecule has 0 radical (unpaired) electrons. The van der Waals surface area contributed by atoms with Gasteiger partial charge in [-0.05, 0) is 42.8 Å². The molecule has 0 spiro atoms. The largest absolute Gasteiger partial charge is 0.376 e. The predicted octanol–water partition coefficient (Wildman–Crippen LogP) is 1.55. The molecule has 2 rings (SSSR count). The van der Waals surface area contributed by atoms with Gasteiger partial charge in [0.1, 0.15) is 0 Å². The van der Waals surface area contributed by atoms with E-state index in [1.165, 1.54) is 5.56 Å². The summed E-state index contributed by atoms with van der Waals surface area (Å²) in [7, 11) is 1.83. The van der Waals surface area contributed by atoms with E-state index in [1.807, 2.05) is 25.2 Å². The van der Waals surface area contributed by atoms with Crippen molar-refractivity contribution in [1.29, 1.82) is 0 Å². The summed E-state index contributed by atoms with van der Waals surface area (Å²) in [5.41, 5.74) is 4.21. The molecule has 3 N–H and O–H groups in total. The van der Waals surface area contributed by atoms with E-state index < -0.39 is 0 Å². The number of hydrazine groups is 1. The molecular weight excluding hydrogens is 316 g/mol. The molecule has 0 bridgehead atoms. The van der Waals surface area contributed by atoms with Crippen molar-refractivity contribution < 1.29 is 4.74 Å². The minimum absolute atomic E-state index is 0.258. The van der Waals surface area contributed by atoms with Crippen LogP contribution >= 0.6 is 24.4 Å². The fraction of sp³-hybridized carbons (Fsp3) is 0.467. The van der Waals surface area contributed by atoms with Crippen molar-refractivity contribution in [2.75, 3.05) is 20.2 Å². The molecule has 1 aliphatic rings. The van der Waals surface area contributed by atoms with Crippen molar-refractivity contribution in [2.24, 2.45) is 0 Å². The topological polar surface area (TPSA) is 48.6 Å². The van der Waals surface area contributed by atoms with E-state index in [2.05, 4.69) is 28.2 Å². The minimum Gasteiger partial charge on any atom is -0.376 e. The average molecular weight is 339 g/mol. The Bertz CT molecular complexity index is 492. The van der Waals surface area contributed by atoms with E-state index in [1.54, 1.807) is 5.01 Å². The number of ether oxygens (including phenoxy) is 1. The third-order valence-corrected chi connectivity index (χ3v) is 4.03. The Balaban J connectivity index is 1.65. The monoisotopic (exact) mass is 338 g/mol. The van der Waals surface area contributed by atoms with E-state index in [-0.39, 0.29) is 6.10 Å². The predicted molar refractivity (Wildman–Crippen MR) is 96.4 cm³/mol. The molecule has 5 nitrogen and oxygen atoms in total. The number of benzene rings is 1. The second-order valence-corrected chi connectivity index (χ2v) is 5.96. The Labute approximate surface area is 142 Å². The van der Waals surface area contributed by atoms with Crippen LogP contribution in [0.15, 0.2) is 30.3 Å². The maximum Gasteiger partial charge on any atom is 0.187 e. The van der Waals surface area contributed by atoms with Crippen LogP contribution in [0, 0.1) is 0 Å². The summed E-state index contributed by atoms with van der Waals surface area (Å²) in [4.78, 5) is 0. The number of thiocarbonyl (C=S) groups is 2. The quantitative estimate of drug-likeness (QED) is 0.569. The van der Waals surface area contributed by atoms with E-state index >= 15 is 0 Å². The molecule has 0 saturated carbocycles. The maximum absolute atomic E-state index is 5.54. The molecule has 1 aromatic carbocycles. The number of nitrogens with one attached hydrogen (secondary N) is 3. The van der Waals surface area contributed by atoms with Crippen LogP contribution in [-0.4, -0.2) is 41.5 Å². The lowest BCUT2D eigenvalue weighted by Crippen LogP contribution is -2.51. The molecule has 1 heterocycles. The van der Waals surface area contributed by atoms with E-state index in [4.69, 9.17) is 29.2 Å². The van der Waals surface area contributed by atoms with Gasteiger partial charge in [-0.3, -0.25) is 10.4 Å². The molecule has 1 aliphatic heterocycles. The van der Waals surface area contributed by atoms with Crippen LogP contribution in [0.1, 0.15) is 18.4 Å². The van der Waals surface area contributed by atoms with Gasteiger partial charge in [-0.2, -0.15) is 0 Å². The molecule has 1 aromatic rings. The first kappa shape index (κ1) is 16.9. The van der Waals surface area contributed by atoms with Crippen LogP contribution in [-0.2, 0) is 11.3 Å². The van der Waals surface area contributed by atoms with Gasteiger partial charge in [-0.15, -0.1) is 0 Å². The molecule has 0 aliphatic carbocycles. The lowest BCUT2D eigenvalue weighted by atomic mass is 10.2. The summed E-state index contributed by atoms with van der Waals surface area (Å²) in [6, 6.07) is 10.1. The highest BCUT2D eigenvalue weighted by Crippen LogP contribution is 2.10. The summed E-state index contributed by atoms with van der Waals surface area (Å²) in [6.07, 6.45) is 2.47. The summed E-state index contributed by atoms with van der Waals surface area (Å²) in [6.45, 7) is 2.26. The summed E-state index contributed by atoms with van der Waals surface area (Å²) in [5, 5.41) is 9.16. The minimum atomic E-state index is 0.258. The van der Waals surface area contributed by atoms with E-state index in [9.17, 15) is 0 Å². The highest BCUT2D eigenvalue weighted by atomic mass is 32.1. The standard InChI is InChI=1S/C15H22N4OS2/c1-19(15(22)17-10-12-6-3-2-4-7-12)18-14(21)16-11-13-8-5-9-20-13/h2-4,6-7,13H,5,8-11H2,1H3,(H,17,22)(H2,16,18,21)/t13-/m1/s1. The molecule has 1 atom stereocenters. The van der Waals surface area contributed by atoms with Gasteiger partial charge < -0.3 is 15.4 Å². The zero-order valence-corrected chi connectivity index (χ0v) is 14.3. The lowest BCUT2D eigenvalue weighted by Gasteiger charge is -2.24. The zero-order chi connectivity index (χ0) is 15.8. The van der Waals surface area contributed by atoms with Gasteiger partial charge in [0.25, 0.3) is 0 Å². The smallest absolute Gasteiger partial charge is 0.187 e. The lowest BCUT2D eigenvalue weighted by molar-refractivity contribution is 0.113. The third-order valence-electron chi connectivity index (χ3n) is 3.37. The van der Waals surface area contributed by atoms with Crippen molar-refractivity contribution in [3.05, 3.63) is 35.9 Å². The fourth-order valence-electron chi connectivity index (χ4n) is 2.15. The molecule has 1 fully saturated rings. The average Bonchev–Trinajstić information content (AvgIpc) is 3.05. The van der Waals surface area contributed by atoms with Crippen LogP contribution in [0.2, 0.25) is 0 Å². The van der Waals surface area contributed by atoms with Gasteiger partial charge in [0.15, 0.2) is 10.2 Å². The summed E-state index contributed by atoms with van der Waals surface area (Å²) in [5.74, 6) is 0. The first-order chi connectivity index (χ1) is 10.6. The number of hydrogen-bond donors (Lipinski definition) is 3. The van der Waals surface area contributed by atoms with Crippen LogP contribution in [0.3, 0.4) is 0 Å². The normalized spacial score (nSPS) is 16.9. The van der Waals surface area contributed by atoms with Gasteiger partial charge in [-0.25, -0.2) is 0 Å². The van der Waals surface area contributed by atoms with Gasteiger partial charge in [0.05, 0.1) is 6.10 Å². The van der Waals surface area contributed by atoms with Crippen LogP contribution in [0.25, 0.3) is 0 Å². The Morgan fingerprint density at radius 2 is 2.05 bits per heavy atom. The summed E-state index contributed by atoms with van der Waals surface area (Å²) < 4.78 is 5.54. The van der Waals surface area contributed by atoms with Gasteiger partial charge >= 0.3 is 0 Å². The van der Waals surface area contributed by atoms with Gasteiger partial charge in [-0.1, -0.05) is 30.3 Å². The molecule has 22 heavy (non-hydrogen) atoms. The highest BCUT2D eigenvalue weighted by molar-refractivity contribution is 7.80. The van der Waals surface area contributed by atoms with Crippen molar-refractivity contribution >= 4 is 34.7 Å². The molecule has 0 aromatic heterocycles. The van der Waals surface area contributed by atoms with E-state index in [0.717, 1.165) is 26.0 Å². The fourth-order valence-corrected chi connectivity index (χ4v) is 2.48. The van der Waals surface area contributed by atoms with Crippen molar-refractivity contribution in [1.82, 2.24) is 21.1 Å². The summed E-state index contributed by atoms with van der Waals surface area (Å²) >= 11 is 10.6. The first-order valence-corrected chi connectivity index (χ1v) is 8.18. The first-order valence-electron chi connectivity index (χ1n) is 7.36. The van der Waals surface area contributed by atoms with Crippen molar-refractivity contribution in [2.45, 2.75) is 25.5 Å². The Kier molecular flexibility index (Phi) is 6.82. The molecular formula is C15H22N4OS2. The highest BCUT2D eigenvalue weighted by Gasteiger charge is 2.15. The number of nitrogens with zero attached hydrogens (tertiary/aromatic N) is 1. The van der Waals surface area contributed by atoms with Crippen LogP contribution in [0.5, 0.6) is 0 Å². The Morgan fingerprint density at radius 3 is 2.73 bits per heavy atom. The van der Waals surface area contributed by atoms with Crippen molar-refractivity contribution in [3.63, 3.8) is 0 Å². The molecule has 0 amide bonds. The molecule has 120 valence electrons. The Morgan fingerprint density at radius 1 is 1.27 bits per heavy atom. The van der Waals surface area contributed by atoms with Crippen LogP contribution in [0.4, 0.5) is 0 Å². The SMILES string of the molecule is CN(NC(=S)NC[C@H]1CCCO1)C(=S)NCc1ccccc1. The van der Waals surface area contributed by atoms with Gasteiger partial charge in [0, 0.05) is 26.7 Å². The molecule has 7 heteroatoms. The second-order valence-electron chi connectivity index (χ2n) is 5.16. The van der Waals surface area contributed by atoms with Gasteiger partial charge in [0.2, 0.25) is 0 Å². The number of rotatable bonds is 4. The van der Waals surface area contributed by atoms with Crippen molar-refractivity contribution in [3.8, 4) is 0 Å². The second kappa shape index (κ2) is 8.87. The molecule has 1 saturated heterocycles. The number of hydrogen-bond acceptors (Lipinski definition) is 3. The third kappa shape index (κ3) is 5.75.